The molecule has 1 fully saturated rings. The van der Waals surface area contributed by atoms with Crippen molar-refractivity contribution in [1.82, 2.24) is 10.3 Å². The molecule has 0 spiro atoms. The second kappa shape index (κ2) is 6.11. The zero-order chi connectivity index (χ0) is 13.9. The summed E-state index contributed by atoms with van der Waals surface area (Å²) in [7, 11) is 0. The first-order valence-electron chi connectivity index (χ1n) is 6.70. The molecule has 1 saturated heterocycles. The molecular weight excluding hydrogens is 290 g/mol. The number of amides is 1. The average Bonchev–Trinajstić information content (AvgIpc) is 3.06. The molecule has 2 N–H and O–H groups in total. The van der Waals surface area contributed by atoms with E-state index in [0.717, 1.165) is 39.8 Å². The summed E-state index contributed by atoms with van der Waals surface area (Å²) < 4.78 is 2.18. The van der Waals surface area contributed by atoms with E-state index in [1.165, 1.54) is 0 Å². The molecule has 0 bridgehead atoms. The van der Waals surface area contributed by atoms with Crippen LogP contribution in [0.25, 0.3) is 10.2 Å². The van der Waals surface area contributed by atoms with Gasteiger partial charge in [0.1, 0.15) is 0 Å². The summed E-state index contributed by atoms with van der Waals surface area (Å²) in [6, 6.07) is 5.91. The first-order valence-corrected chi connectivity index (χ1v) is 8.74. The number of thioether (sulfide) groups is 1. The molecule has 0 saturated carbocycles. The van der Waals surface area contributed by atoms with Gasteiger partial charge in [0, 0.05) is 12.1 Å². The largest absolute Gasteiger partial charge is 0.326 e. The van der Waals surface area contributed by atoms with E-state index < -0.39 is 0 Å². The molecule has 1 aromatic carbocycles. The summed E-state index contributed by atoms with van der Waals surface area (Å²) in [6.07, 6.45) is 3.72. The maximum atomic E-state index is 12.0. The van der Waals surface area contributed by atoms with E-state index in [-0.39, 0.29) is 5.91 Å². The average molecular weight is 307 g/mol. The summed E-state index contributed by atoms with van der Waals surface area (Å²) in [6.45, 7) is 1.99. The minimum atomic E-state index is 0.104. The van der Waals surface area contributed by atoms with Gasteiger partial charge < -0.3 is 10.6 Å². The molecule has 2 heterocycles. The number of aromatic nitrogens is 1. The maximum Gasteiger partial charge on any atom is 0.224 e. The van der Waals surface area contributed by atoms with Crippen molar-refractivity contribution >= 4 is 44.9 Å². The van der Waals surface area contributed by atoms with Gasteiger partial charge in [-0.25, -0.2) is 4.98 Å². The van der Waals surface area contributed by atoms with E-state index in [0.29, 0.717) is 12.3 Å². The van der Waals surface area contributed by atoms with Crippen LogP contribution in [0.2, 0.25) is 0 Å². The molecule has 1 aromatic heterocycles. The van der Waals surface area contributed by atoms with Crippen LogP contribution in [0.4, 0.5) is 5.69 Å². The first-order chi connectivity index (χ1) is 9.74. The number of anilines is 1. The Morgan fingerprint density at radius 3 is 3.25 bits per heavy atom. The van der Waals surface area contributed by atoms with E-state index in [1.807, 2.05) is 24.5 Å². The third kappa shape index (κ3) is 3.13. The van der Waals surface area contributed by atoms with Crippen LogP contribution < -0.4 is 10.6 Å². The number of benzene rings is 1. The zero-order valence-corrected chi connectivity index (χ0v) is 12.9. The molecule has 3 rings (SSSR count). The van der Waals surface area contributed by atoms with Crippen molar-refractivity contribution in [2.24, 2.45) is 5.92 Å². The Morgan fingerprint density at radius 2 is 2.50 bits per heavy atom. The lowest BCUT2D eigenvalue weighted by Gasteiger charge is -2.09. The molecule has 4 nitrogen and oxygen atoms in total. The lowest BCUT2D eigenvalue weighted by Crippen LogP contribution is -2.18. The Balaban J connectivity index is 1.68. The van der Waals surface area contributed by atoms with Gasteiger partial charge in [-0.15, -0.1) is 11.3 Å². The molecular formula is C14H17N3OS2. The van der Waals surface area contributed by atoms with Gasteiger partial charge >= 0.3 is 0 Å². The van der Waals surface area contributed by atoms with Crippen molar-refractivity contribution < 1.29 is 4.79 Å². The summed E-state index contributed by atoms with van der Waals surface area (Å²) in [5.41, 5.74) is 1.86. The first kappa shape index (κ1) is 13.9. The number of nitrogens with zero attached hydrogens (tertiary/aromatic N) is 1. The molecule has 106 valence electrons. The number of carbonyl (C=O) groups is 1. The SMILES string of the molecule is CSc1nc2ccc(NC(=O)CC3CCNC3)cc2s1. The lowest BCUT2D eigenvalue weighted by molar-refractivity contribution is -0.116. The van der Waals surface area contributed by atoms with Gasteiger partial charge in [0.2, 0.25) is 5.91 Å². The Kier molecular flexibility index (Phi) is 4.24. The number of rotatable bonds is 4. The molecule has 1 aliphatic heterocycles. The summed E-state index contributed by atoms with van der Waals surface area (Å²) in [5.74, 6) is 0.581. The summed E-state index contributed by atoms with van der Waals surface area (Å²) in [4.78, 5) is 16.5. The predicted molar refractivity (Wildman–Crippen MR) is 85.6 cm³/mol. The Labute approximate surface area is 126 Å². The second-order valence-electron chi connectivity index (χ2n) is 4.98. The topological polar surface area (TPSA) is 54.0 Å². The highest BCUT2D eigenvalue weighted by Crippen LogP contribution is 2.30. The van der Waals surface area contributed by atoms with Crippen LogP contribution in [-0.4, -0.2) is 30.2 Å². The van der Waals surface area contributed by atoms with E-state index in [9.17, 15) is 4.79 Å². The van der Waals surface area contributed by atoms with Gasteiger partial charge in [0.25, 0.3) is 0 Å². The third-order valence-electron chi connectivity index (χ3n) is 3.46. The molecule has 20 heavy (non-hydrogen) atoms. The number of hydrogen-bond donors (Lipinski definition) is 2. The zero-order valence-electron chi connectivity index (χ0n) is 11.3. The molecule has 0 radical (unpaired) electrons. The molecule has 1 amide bonds. The monoisotopic (exact) mass is 307 g/mol. The highest BCUT2D eigenvalue weighted by Gasteiger charge is 2.18. The van der Waals surface area contributed by atoms with Crippen molar-refractivity contribution in [2.45, 2.75) is 17.2 Å². The van der Waals surface area contributed by atoms with Crippen molar-refractivity contribution in [3.05, 3.63) is 18.2 Å². The fourth-order valence-corrected chi connectivity index (χ4v) is 3.96. The Hall–Kier alpha value is -1.11. The van der Waals surface area contributed by atoms with Crippen LogP contribution in [-0.2, 0) is 4.79 Å². The van der Waals surface area contributed by atoms with Gasteiger partial charge in [0.15, 0.2) is 4.34 Å². The number of fused-ring (bicyclic) bond motifs is 1. The van der Waals surface area contributed by atoms with Gasteiger partial charge in [-0.3, -0.25) is 4.79 Å². The number of thiazole rings is 1. The normalized spacial score (nSPS) is 18.6. The van der Waals surface area contributed by atoms with E-state index in [1.54, 1.807) is 23.1 Å². The second-order valence-corrected chi connectivity index (χ2v) is 7.06. The van der Waals surface area contributed by atoms with Crippen LogP contribution >= 0.6 is 23.1 Å². The fraction of sp³-hybridized carbons (Fsp3) is 0.429. The standard InChI is InChI=1S/C14H17N3OS2/c1-19-14-17-11-3-2-10(7-12(11)20-14)16-13(18)6-9-4-5-15-8-9/h2-3,7,9,15H,4-6,8H2,1H3,(H,16,18). The third-order valence-corrected chi connectivity index (χ3v) is 5.47. The van der Waals surface area contributed by atoms with Gasteiger partial charge in [0.05, 0.1) is 10.2 Å². The van der Waals surface area contributed by atoms with E-state index in [2.05, 4.69) is 15.6 Å². The molecule has 6 heteroatoms. The van der Waals surface area contributed by atoms with Gasteiger partial charge in [-0.05, 0) is 49.9 Å². The van der Waals surface area contributed by atoms with Crippen LogP contribution in [0, 0.1) is 5.92 Å². The van der Waals surface area contributed by atoms with E-state index >= 15 is 0 Å². The lowest BCUT2D eigenvalue weighted by atomic mass is 10.0. The van der Waals surface area contributed by atoms with Crippen LogP contribution in [0.3, 0.4) is 0 Å². The fourth-order valence-electron chi connectivity index (χ4n) is 2.43. The van der Waals surface area contributed by atoms with E-state index in [4.69, 9.17) is 0 Å². The predicted octanol–water partition coefficient (Wildman–Crippen LogP) is 2.96. The van der Waals surface area contributed by atoms with Crippen molar-refractivity contribution in [1.29, 1.82) is 0 Å². The number of carbonyl (C=O) groups excluding carboxylic acids is 1. The van der Waals surface area contributed by atoms with Crippen LogP contribution in [0.5, 0.6) is 0 Å². The number of hydrogen-bond acceptors (Lipinski definition) is 5. The molecule has 2 aromatic rings. The van der Waals surface area contributed by atoms with Gasteiger partial charge in [-0.1, -0.05) is 11.8 Å². The quantitative estimate of drug-likeness (QED) is 0.853. The Bertz CT molecular complexity index is 620. The molecule has 1 unspecified atom stereocenters. The minimum absolute atomic E-state index is 0.104. The number of nitrogens with one attached hydrogen (secondary N) is 2. The molecule has 1 atom stereocenters. The van der Waals surface area contributed by atoms with Gasteiger partial charge in [-0.2, -0.15) is 0 Å². The molecule has 0 aliphatic carbocycles. The van der Waals surface area contributed by atoms with Crippen LogP contribution in [0.15, 0.2) is 22.5 Å². The minimum Gasteiger partial charge on any atom is -0.326 e. The highest BCUT2D eigenvalue weighted by atomic mass is 32.2. The van der Waals surface area contributed by atoms with Crippen LogP contribution in [0.1, 0.15) is 12.8 Å². The highest BCUT2D eigenvalue weighted by molar-refractivity contribution is 8.00. The maximum absolute atomic E-state index is 12.0. The molecule has 1 aliphatic rings. The van der Waals surface area contributed by atoms with Crippen molar-refractivity contribution in [2.75, 3.05) is 24.7 Å². The van der Waals surface area contributed by atoms with Crippen molar-refractivity contribution in [3.8, 4) is 0 Å². The summed E-state index contributed by atoms with van der Waals surface area (Å²) >= 11 is 3.31. The smallest absolute Gasteiger partial charge is 0.224 e. The Morgan fingerprint density at radius 1 is 1.60 bits per heavy atom. The summed E-state index contributed by atoms with van der Waals surface area (Å²) in [5, 5.41) is 6.28. The van der Waals surface area contributed by atoms with Crippen molar-refractivity contribution in [3.63, 3.8) is 0 Å².